The Hall–Kier alpha value is -2.29. The number of methoxy groups -OCH3 is 1. The van der Waals surface area contributed by atoms with E-state index in [0.29, 0.717) is 17.9 Å². The molecule has 2 rings (SSSR count). The highest BCUT2D eigenvalue weighted by Crippen LogP contribution is 2.27. The van der Waals surface area contributed by atoms with Crippen LogP contribution in [0, 0.1) is 0 Å². The lowest BCUT2D eigenvalue weighted by Gasteiger charge is -2.11. The van der Waals surface area contributed by atoms with Gasteiger partial charge in [0.15, 0.2) is 0 Å². The molecule has 0 heterocycles. The van der Waals surface area contributed by atoms with Gasteiger partial charge in [0.2, 0.25) is 0 Å². The highest BCUT2D eigenvalue weighted by Gasteiger charge is 2.13. The molecule has 0 fully saturated rings. The Balaban J connectivity index is 2.44. The molecule has 0 atom stereocenters. The largest absolute Gasteiger partial charge is 0.493 e. The fourth-order valence-electron chi connectivity index (χ4n) is 1.89. The van der Waals surface area contributed by atoms with Crippen LogP contribution in [0.2, 0.25) is 0 Å². The van der Waals surface area contributed by atoms with Gasteiger partial charge < -0.3 is 9.47 Å². The van der Waals surface area contributed by atoms with Gasteiger partial charge in [0.05, 0.1) is 13.7 Å². The van der Waals surface area contributed by atoms with Gasteiger partial charge in [0, 0.05) is 0 Å². The summed E-state index contributed by atoms with van der Waals surface area (Å²) >= 11 is 0. The summed E-state index contributed by atoms with van der Waals surface area (Å²) in [4.78, 5) is 11.7. The minimum absolute atomic E-state index is 0.386. The van der Waals surface area contributed by atoms with Crippen molar-refractivity contribution >= 4 is 5.97 Å². The van der Waals surface area contributed by atoms with Crippen molar-refractivity contribution in [1.82, 2.24) is 0 Å². The fraction of sp³-hybridized carbons (Fsp3) is 0.188. The van der Waals surface area contributed by atoms with E-state index in [-0.39, 0.29) is 5.97 Å². The first-order valence-electron chi connectivity index (χ1n) is 6.17. The number of hydrogen-bond acceptors (Lipinski definition) is 3. The van der Waals surface area contributed by atoms with Crippen molar-refractivity contribution in [3.63, 3.8) is 0 Å². The van der Waals surface area contributed by atoms with E-state index in [2.05, 4.69) is 0 Å². The zero-order valence-corrected chi connectivity index (χ0v) is 11.1. The SMILES string of the molecule is CCOc1cc(-c2ccccc2)ccc1C(=O)OC. The van der Waals surface area contributed by atoms with Crippen LogP contribution in [0.25, 0.3) is 11.1 Å². The van der Waals surface area contributed by atoms with Crippen molar-refractivity contribution in [3.8, 4) is 16.9 Å². The van der Waals surface area contributed by atoms with Crippen molar-refractivity contribution < 1.29 is 14.3 Å². The third kappa shape index (κ3) is 2.94. The third-order valence-corrected chi connectivity index (χ3v) is 2.79. The summed E-state index contributed by atoms with van der Waals surface area (Å²) in [6.07, 6.45) is 0. The van der Waals surface area contributed by atoms with Crippen LogP contribution in [0.1, 0.15) is 17.3 Å². The van der Waals surface area contributed by atoms with E-state index < -0.39 is 0 Å². The Morgan fingerprint density at radius 1 is 1.05 bits per heavy atom. The molecular weight excluding hydrogens is 240 g/mol. The second-order valence-electron chi connectivity index (χ2n) is 4.00. The minimum atomic E-state index is -0.386. The lowest BCUT2D eigenvalue weighted by Crippen LogP contribution is -2.05. The van der Waals surface area contributed by atoms with Crippen LogP contribution in [-0.2, 0) is 4.74 Å². The van der Waals surface area contributed by atoms with E-state index in [0.717, 1.165) is 11.1 Å². The fourth-order valence-corrected chi connectivity index (χ4v) is 1.89. The van der Waals surface area contributed by atoms with Crippen molar-refractivity contribution in [2.75, 3.05) is 13.7 Å². The van der Waals surface area contributed by atoms with Crippen LogP contribution in [-0.4, -0.2) is 19.7 Å². The number of benzene rings is 2. The molecule has 3 nitrogen and oxygen atoms in total. The second kappa shape index (κ2) is 6.05. The maximum Gasteiger partial charge on any atom is 0.341 e. The Kier molecular flexibility index (Phi) is 4.18. The summed E-state index contributed by atoms with van der Waals surface area (Å²) in [7, 11) is 1.36. The molecule has 0 bridgehead atoms. The Morgan fingerprint density at radius 3 is 2.42 bits per heavy atom. The van der Waals surface area contributed by atoms with Crippen molar-refractivity contribution in [2.45, 2.75) is 6.92 Å². The van der Waals surface area contributed by atoms with Gasteiger partial charge >= 0.3 is 5.97 Å². The van der Waals surface area contributed by atoms with Crippen LogP contribution in [0.15, 0.2) is 48.5 Å². The number of carbonyl (C=O) groups is 1. The summed E-state index contributed by atoms with van der Waals surface area (Å²) in [6.45, 7) is 2.39. The predicted octanol–water partition coefficient (Wildman–Crippen LogP) is 3.54. The van der Waals surface area contributed by atoms with E-state index in [1.165, 1.54) is 7.11 Å². The summed E-state index contributed by atoms with van der Waals surface area (Å²) in [5.41, 5.74) is 2.54. The van der Waals surface area contributed by atoms with Crippen molar-refractivity contribution in [1.29, 1.82) is 0 Å². The average molecular weight is 256 g/mol. The average Bonchev–Trinajstić information content (AvgIpc) is 2.47. The van der Waals surface area contributed by atoms with E-state index in [4.69, 9.17) is 9.47 Å². The maximum atomic E-state index is 11.7. The number of rotatable bonds is 4. The molecule has 2 aromatic rings. The van der Waals surface area contributed by atoms with Gasteiger partial charge in [-0.2, -0.15) is 0 Å². The van der Waals surface area contributed by atoms with Gasteiger partial charge in [0.1, 0.15) is 11.3 Å². The first-order valence-corrected chi connectivity index (χ1v) is 6.17. The smallest absolute Gasteiger partial charge is 0.341 e. The van der Waals surface area contributed by atoms with Gasteiger partial charge in [-0.15, -0.1) is 0 Å². The molecule has 19 heavy (non-hydrogen) atoms. The molecule has 0 amide bonds. The molecule has 0 aliphatic carbocycles. The number of hydrogen-bond donors (Lipinski definition) is 0. The summed E-state index contributed by atoms with van der Waals surface area (Å²) < 4.78 is 10.3. The molecule has 0 saturated heterocycles. The van der Waals surface area contributed by atoms with E-state index in [1.54, 1.807) is 6.07 Å². The second-order valence-corrected chi connectivity index (χ2v) is 4.00. The van der Waals surface area contributed by atoms with E-state index >= 15 is 0 Å². The molecule has 0 aromatic heterocycles. The molecule has 2 aromatic carbocycles. The first-order chi connectivity index (χ1) is 9.26. The molecule has 0 radical (unpaired) electrons. The standard InChI is InChI=1S/C16H16O3/c1-3-19-15-11-13(12-7-5-4-6-8-12)9-10-14(15)16(17)18-2/h4-11H,3H2,1-2H3. The Bertz CT molecular complexity index is 561. The van der Waals surface area contributed by atoms with Crippen molar-refractivity contribution in [3.05, 3.63) is 54.1 Å². The molecule has 0 saturated carbocycles. The lowest BCUT2D eigenvalue weighted by atomic mass is 10.0. The van der Waals surface area contributed by atoms with E-state index in [1.807, 2.05) is 49.4 Å². The number of ether oxygens (including phenoxy) is 2. The summed E-state index contributed by atoms with van der Waals surface area (Å²) in [5, 5.41) is 0. The molecule has 98 valence electrons. The molecule has 0 aliphatic rings. The Labute approximate surface area is 112 Å². The quantitative estimate of drug-likeness (QED) is 0.785. The maximum absolute atomic E-state index is 11.7. The third-order valence-electron chi connectivity index (χ3n) is 2.79. The van der Waals surface area contributed by atoms with Gasteiger partial charge in [-0.05, 0) is 30.2 Å². The van der Waals surface area contributed by atoms with Gasteiger partial charge in [-0.25, -0.2) is 4.79 Å². The van der Waals surface area contributed by atoms with Crippen LogP contribution in [0.5, 0.6) is 5.75 Å². The number of esters is 1. The summed E-state index contributed by atoms with van der Waals surface area (Å²) in [5.74, 6) is 0.166. The normalized spacial score (nSPS) is 10.0. The summed E-state index contributed by atoms with van der Waals surface area (Å²) in [6, 6.07) is 15.4. The molecule has 0 aliphatic heterocycles. The van der Waals surface area contributed by atoms with Crippen LogP contribution in [0.3, 0.4) is 0 Å². The molecule has 3 heteroatoms. The topological polar surface area (TPSA) is 35.5 Å². The van der Waals surface area contributed by atoms with Gasteiger partial charge in [-0.1, -0.05) is 36.4 Å². The van der Waals surface area contributed by atoms with Crippen LogP contribution in [0.4, 0.5) is 0 Å². The molecule has 0 spiro atoms. The molecular formula is C16H16O3. The lowest BCUT2D eigenvalue weighted by molar-refractivity contribution is 0.0596. The van der Waals surface area contributed by atoms with Crippen molar-refractivity contribution in [2.24, 2.45) is 0 Å². The molecule has 0 N–H and O–H groups in total. The zero-order chi connectivity index (χ0) is 13.7. The first kappa shape index (κ1) is 13.1. The Morgan fingerprint density at radius 2 is 1.79 bits per heavy atom. The van der Waals surface area contributed by atoms with Crippen LogP contribution < -0.4 is 4.74 Å². The zero-order valence-electron chi connectivity index (χ0n) is 11.1. The predicted molar refractivity (Wildman–Crippen MR) is 74.4 cm³/mol. The van der Waals surface area contributed by atoms with Gasteiger partial charge in [-0.3, -0.25) is 0 Å². The monoisotopic (exact) mass is 256 g/mol. The minimum Gasteiger partial charge on any atom is -0.493 e. The van der Waals surface area contributed by atoms with E-state index in [9.17, 15) is 4.79 Å². The highest BCUT2D eigenvalue weighted by molar-refractivity contribution is 5.93. The van der Waals surface area contributed by atoms with Crippen LogP contribution >= 0.6 is 0 Å². The molecule has 0 unspecified atom stereocenters. The van der Waals surface area contributed by atoms with Gasteiger partial charge in [0.25, 0.3) is 0 Å². The number of carbonyl (C=O) groups excluding carboxylic acids is 1. The highest BCUT2D eigenvalue weighted by atomic mass is 16.5.